The molecule has 0 saturated carbocycles. The van der Waals surface area contributed by atoms with Crippen LogP contribution in [0.1, 0.15) is 5.56 Å². The van der Waals surface area contributed by atoms with Crippen molar-refractivity contribution in [3.63, 3.8) is 0 Å². The number of nitro groups is 1. The van der Waals surface area contributed by atoms with Crippen LogP contribution in [0.2, 0.25) is 0 Å². The molecule has 0 spiro atoms. The van der Waals surface area contributed by atoms with Crippen molar-refractivity contribution >= 4 is 22.4 Å². The van der Waals surface area contributed by atoms with Crippen LogP contribution in [0.5, 0.6) is 0 Å². The second-order valence-electron chi connectivity index (χ2n) is 6.72. The van der Waals surface area contributed by atoms with Crippen LogP contribution in [0.15, 0.2) is 48.8 Å². The fourth-order valence-corrected chi connectivity index (χ4v) is 3.49. The summed E-state index contributed by atoms with van der Waals surface area (Å²) in [6.45, 7) is 4.39. The van der Waals surface area contributed by atoms with Gasteiger partial charge in [-0.15, -0.1) is 0 Å². The van der Waals surface area contributed by atoms with Crippen molar-refractivity contribution in [2.45, 2.75) is 6.54 Å². The zero-order valence-electron chi connectivity index (χ0n) is 14.7. The molecule has 1 aliphatic heterocycles. The van der Waals surface area contributed by atoms with Gasteiger partial charge in [0.1, 0.15) is 0 Å². The predicted octanol–water partition coefficient (Wildman–Crippen LogP) is 2.74. The maximum absolute atomic E-state index is 11.3. The molecular weight excluding hydrogens is 330 g/mol. The predicted molar refractivity (Wildman–Crippen MR) is 102 cm³/mol. The molecule has 0 unspecified atom stereocenters. The van der Waals surface area contributed by atoms with Crippen molar-refractivity contribution in [2.75, 3.05) is 38.1 Å². The second-order valence-corrected chi connectivity index (χ2v) is 6.72. The van der Waals surface area contributed by atoms with Crippen molar-refractivity contribution in [3.8, 4) is 0 Å². The first-order chi connectivity index (χ1) is 12.6. The van der Waals surface area contributed by atoms with E-state index in [9.17, 15) is 10.1 Å². The number of imidazole rings is 1. The summed E-state index contributed by atoms with van der Waals surface area (Å²) in [4.78, 5) is 20.0. The van der Waals surface area contributed by atoms with Gasteiger partial charge in [-0.3, -0.25) is 10.1 Å². The molecule has 0 aliphatic carbocycles. The lowest BCUT2D eigenvalue weighted by molar-refractivity contribution is -0.384. The second kappa shape index (κ2) is 6.76. The molecule has 3 aromatic rings. The van der Waals surface area contributed by atoms with E-state index in [0.717, 1.165) is 48.5 Å². The van der Waals surface area contributed by atoms with Crippen LogP contribution in [0.25, 0.3) is 11.0 Å². The molecule has 0 atom stereocenters. The van der Waals surface area contributed by atoms with Gasteiger partial charge in [0.15, 0.2) is 0 Å². The Morgan fingerprint density at radius 2 is 1.88 bits per heavy atom. The highest BCUT2D eigenvalue weighted by Gasteiger charge is 2.20. The molecule has 26 heavy (non-hydrogen) atoms. The molecule has 7 nitrogen and oxygen atoms in total. The molecule has 0 radical (unpaired) electrons. The Balaban J connectivity index is 1.72. The van der Waals surface area contributed by atoms with Crippen molar-refractivity contribution in [1.82, 2.24) is 14.5 Å². The number of anilines is 1. The Morgan fingerprint density at radius 3 is 2.65 bits per heavy atom. The van der Waals surface area contributed by atoms with Crippen LogP contribution in [-0.4, -0.2) is 52.6 Å². The zero-order valence-corrected chi connectivity index (χ0v) is 14.7. The number of aromatic nitrogens is 2. The molecule has 0 amide bonds. The molecule has 134 valence electrons. The average molecular weight is 351 g/mol. The van der Waals surface area contributed by atoms with E-state index in [1.165, 1.54) is 0 Å². The Hall–Kier alpha value is -2.93. The first-order valence-electron chi connectivity index (χ1n) is 8.72. The third-order valence-corrected chi connectivity index (χ3v) is 4.99. The minimum Gasteiger partial charge on any atom is -0.369 e. The Labute approximate surface area is 151 Å². The van der Waals surface area contributed by atoms with Gasteiger partial charge < -0.3 is 14.4 Å². The van der Waals surface area contributed by atoms with Crippen molar-refractivity contribution < 1.29 is 4.92 Å². The lowest BCUT2D eigenvalue weighted by Gasteiger charge is -2.35. The molecule has 0 bridgehead atoms. The van der Waals surface area contributed by atoms with Crippen LogP contribution in [0.3, 0.4) is 0 Å². The number of nitro benzene ring substituents is 1. The van der Waals surface area contributed by atoms with E-state index in [0.29, 0.717) is 6.54 Å². The number of nitrogens with zero attached hydrogens (tertiary/aromatic N) is 5. The maximum atomic E-state index is 11.3. The minimum atomic E-state index is -0.330. The fourth-order valence-electron chi connectivity index (χ4n) is 3.49. The van der Waals surface area contributed by atoms with Crippen LogP contribution in [0.4, 0.5) is 11.4 Å². The number of hydrogen-bond acceptors (Lipinski definition) is 5. The maximum Gasteiger partial charge on any atom is 0.269 e. The van der Waals surface area contributed by atoms with Gasteiger partial charge in [-0.1, -0.05) is 12.1 Å². The Kier molecular flexibility index (Phi) is 4.30. The lowest BCUT2D eigenvalue weighted by Crippen LogP contribution is -2.44. The molecule has 2 heterocycles. The quantitative estimate of drug-likeness (QED) is 0.534. The number of rotatable bonds is 4. The van der Waals surface area contributed by atoms with Crippen LogP contribution in [0, 0.1) is 10.1 Å². The third kappa shape index (κ3) is 3.13. The summed E-state index contributed by atoms with van der Waals surface area (Å²) in [6.07, 6.45) is 1.80. The largest absolute Gasteiger partial charge is 0.369 e. The van der Waals surface area contributed by atoms with E-state index in [2.05, 4.69) is 21.8 Å². The van der Waals surface area contributed by atoms with Gasteiger partial charge in [0.25, 0.3) is 5.69 Å². The summed E-state index contributed by atoms with van der Waals surface area (Å²) < 4.78 is 2.05. The van der Waals surface area contributed by atoms with Crippen LogP contribution >= 0.6 is 0 Å². The number of piperazine rings is 1. The van der Waals surface area contributed by atoms with Gasteiger partial charge in [-0.2, -0.15) is 0 Å². The minimum absolute atomic E-state index is 0.127. The van der Waals surface area contributed by atoms with E-state index >= 15 is 0 Å². The summed E-state index contributed by atoms with van der Waals surface area (Å²) in [7, 11) is 2.12. The molecule has 1 fully saturated rings. The highest BCUT2D eigenvalue weighted by molar-refractivity contribution is 5.75. The molecule has 1 aromatic heterocycles. The first kappa shape index (κ1) is 16.5. The zero-order chi connectivity index (χ0) is 18.1. The molecule has 0 N–H and O–H groups in total. The lowest BCUT2D eigenvalue weighted by atomic mass is 10.1. The molecule has 1 aliphatic rings. The number of fused-ring (bicyclic) bond motifs is 1. The van der Waals surface area contributed by atoms with Crippen molar-refractivity contribution in [1.29, 1.82) is 0 Å². The van der Waals surface area contributed by atoms with E-state index in [1.807, 2.05) is 34.9 Å². The van der Waals surface area contributed by atoms with Gasteiger partial charge >= 0.3 is 0 Å². The average Bonchev–Trinajstić information content (AvgIpc) is 3.05. The van der Waals surface area contributed by atoms with E-state index in [1.54, 1.807) is 18.5 Å². The fraction of sp³-hybridized carbons (Fsp3) is 0.316. The molecule has 7 heteroatoms. The van der Waals surface area contributed by atoms with Crippen molar-refractivity contribution in [3.05, 3.63) is 64.5 Å². The summed E-state index contributed by atoms with van der Waals surface area (Å²) in [5.41, 5.74) is 4.11. The molecule has 2 aromatic carbocycles. The van der Waals surface area contributed by atoms with Gasteiger partial charge in [0.2, 0.25) is 0 Å². The van der Waals surface area contributed by atoms with Gasteiger partial charge in [0.05, 0.1) is 28.8 Å². The Bertz CT molecular complexity index is 944. The molecule has 1 saturated heterocycles. The third-order valence-electron chi connectivity index (χ3n) is 4.99. The first-order valence-corrected chi connectivity index (χ1v) is 8.72. The summed E-state index contributed by atoms with van der Waals surface area (Å²) in [5.74, 6) is 0. The number of para-hydroxylation sites is 2. The number of benzene rings is 2. The van der Waals surface area contributed by atoms with Gasteiger partial charge in [0, 0.05) is 49.6 Å². The summed E-state index contributed by atoms with van der Waals surface area (Å²) in [5, 5.41) is 11.3. The van der Waals surface area contributed by atoms with Crippen molar-refractivity contribution in [2.24, 2.45) is 0 Å². The number of hydrogen-bond donors (Lipinski definition) is 0. The molecular formula is C19H21N5O2. The van der Waals surface area contributed by atoms with E-state index < -0.39 is 0 Å². The van der Waals surface area contributed by atoms with E-state index in [-0.39, 0.29) is 10.6 Å². The Morgan fingerprint density at radius 1 is 1.12 bits per heavy atom. The normalized spacial score (nSPS) is 15.5. The van der Waals surface area contributed by atoms with E-state index in [4.69, 9.17) is 0 Å². The summed E-state index contributed by atoms with van der Waals surface area (Å²) in [6, 6.07) is 13.1. The topological polar surface area (TPSA) is 67.4 Å². The smallest absolute Gasteiger partial charge is 0.269 e. The monoisotopic (exact) mass is 351 g/mol. The number of non-ortho nitro benzene ring substituents is 1. The standard InChI is InChI=1S/C19H21N5O2/c1-21-8-10-22(11-9-21)18-7-6-16(24(25)26)12-15(18)13-23-14-20-17-4-2-3-5-19(17)23/h2-7,12,14H,8-11,13H2,1H3. The van der Waals surface area contributed by atoms with Crippen LogP contribution in [-0.2, 0) is 6.54 Å². The SMILES string of the molecule is CN1CCN(c2ccc([N+](=O)[O-])cc2Cn2cnc3ccccc32)CC1. The van der Waals surface area contributed by atoms with Gasteiger partial charge in [-0.05, 0) is 25.2 Å². The molecule has 4 rings (SSSR count). The highest BCUT2D eigenvalue weighted by Crippen LogP contribution is 2.28. The van der Waals surface area contributed by atoms with Crippen LogP contribution < -0.4 is 4.90 Å². The summed E-state index contributed by atoms with van der Waals surface area (Å²) >= 11 is 0. The highest BCUT2D eigenvalue weighted by atomic mass is 16.6. The van der Waals surface area contributed by atoms with Gasteiger partial charge in [-0.25, -0.2) is 4.98 Å². The number of likely N-dealkylation sites (N-methyl/N-ethyl adjacent to an activating group) is 1.